The molecule has 5 nitrogen and oxygen atoms in total. The minimum Gasteiger partial charge on any atom is -0.594 e. The van der Waals surface area contributed by atoms with E-state index in [9.17, 15) is 5.21 Å². The van der Waals surface area contributed by atoms with Gasteiger partial charge in [0.15, 0.2) is 0 Å². The fraction of sp³-hybridized carbons (Fsp3) is 0. The van der Waals surface area contributed by atoms with E-state index in [1.54, 1.807) is 18.2 Å². The molecule has 1 N–H and O–H groups in total. The molecule has 66 valence electrons. The maximum absolute atomic E-state index is 11.1. The van der Waals surface area contributed by atoms with E-state index in [1.807, 2.05) is 0 Å². The Kier molecular flexibility index (Phi) is 1.77. The number of fused-ring (bicyclic) bond motifs is 1. The Bertz CT molecular complexity index is 469. The number of aromatic nitrogens is 3. The maximum Gasteiger partial charge on any atom is 0.378 e. The molecule has 2 rings (SSSR count). The fourth-order valence-corrected chi connectivity index (χ4v) is 1.36. The number of rotatable bonds is 0. The van der Waals surface area contributed by atoms with Crippen LogP contribution in [0, 0.1) is 5.21 Å². The largest absolute Gasteiger partial charge is 0.594 e. The summed E-state index contributed by atoms with van der Waals surface area (Å²) in [7, 11) is 0. The summed E-state index contributed by atoms with van der Waals surface area (Å²) in [5.41, 5.74) is 0.720. The first kappa shape index (κ1) is 8.18. The lowest BCUT2D eigenvalue weighted by Crippen LogP contribution is -2.32. The number of aromatic hydroxyl groups is 1. The van der Waals surface area contributed by atoms with Crippen molar-refractivity contribution in [3.05, 3.63) is 27.9 Å². The van der Waals surface area contributed by atoms with Crippen LogP contribution in [-0.2, 0) is 0 Å². The lowest BCUT2D eigenvalue weighted by atomic mass is 10.3. The summed E-state index contributed by atoms with van der Waals surface area (Å²) in [5.74, 6) is 0. The van der Waals surface area contributed by atoms with Crippen molar-refractivity contribution in [3.8, 4) is 6.01 Å². The van der Waals surface area contributed by atoms with Crippen LogP contribution in [0.2, 0.25) is 0 Å². The average molecular weight is 242 g/mol. The van der Waals surface area contributed by atoms with Gasteiger partial charge in [0.05, 0.1) is 5.10 Å². The molecule has 0 unspecified atom stereocenters. The molecule has 0 atom stereocenters. The summed E-state index contributed by atoms with van der Waals surface area (Å²) in [6.45, 7) is 0. The maximum atomic E-state index is 11.1. The van der Waals surface area contributed by atoms with Crippen LogP contribution in [0.15, 0.2) is 22.7 Å². The summed E-state index contributed by atoms with van der Waals surface area (Å²) in [6.07, 6.45) is 0. The molecule has 0 bridgehead atoms. The van der Waals surface area contributed by atoms with Crippen LogP contribution in [0.3, 0.4) is 0 Å². The van der Waals surface area contributed by atoms with Gasteiger partial charge in [0.25, 0.3) is 5.52 Å². The van der Waals surface area contributed by atoms with Gasteiger partial charge in [0, 0.05) is 10.5 Å². The predicted molar refractivity (Wildman–Crippen MR) is 47.9 cm³/mol. The highest BCUT2D eigenvalue weighted by atomic mass is 79.9. The Labute approximate surface area is 81.4 Å². The molecule has 1 aromatic carbocycles. The van der Waals surface area contributed by atoms with Gasteiger partial charge in [-0.2, -0.15) is 4.98 Å². The van der Waals surface area contributed by atoms with Crippen LogP contribution < -0.4 is 4.85 Å². The highest BCUT2D eigenvalue weighted by Crippen LogP contribution is 2.15. The van der Waals surface area contributed by atoms with E-state index in [2.05, 4.69) is 26.0 Å². The van der Waals surface area contributed by atoms with Crippen molar-refractivity contribution in [3.63, 3.8) is 0 Å². The molecule has 6 heteroatoms. The zero-order valence-corrected chi connectivity index (χ0v) is 7.89. The Balaban J connectivity index is 2.86. The first-order valence-electron chi connectivity index (χ1n) is 3.43. The van der Waals surface area contributed by atoms with Crippen molar-refractivity contribution < 1.29 is 9.95 Å². The van der Waals surface area contributed by atoms with E-state index >= 15 is 0 Å². The highest BCUT2D eigenvalue weighted by molar-refractivity contribution is 9.10. The third-order valence-corrected chi connectivity index (χ3v) is 2.04. The van der Waals surface area contributed by atoms with Gasteiger partial charge in [0.1, 0.15) is 5.52 Å². The normalized spacial score (nSPS) is 10.5. The minimum atomic E-state index is -0.527. The minimum absolute atomic E-state index is 0.320. The van der Waals surface area contributed by atoms with Gasteiger partial charge in [0.2, 0.25) is 0 Å². The SMILES string of the molecule is [O-][n+]1nc(O)nc2cc(Br)ccc21. The molecule has 0 radical (unpaired) electrons. The Hall–Kier alpha value is -1.43. The second-order valence-corrected chi connectivity index (χ2v) is 3.33. The standard InChI is InChI=1S/C7H4BrN3O2/c8-4-1-2-6-5(3-4)9-7(12)10-11(6)13/h1-3H,(H,9,10,12). The smallest absolute Gasteiger partial charge is 0.378 e. The van der Waals surface area contributed by atoms with E-state index in [1.165, 1.54) is 0 Å². The van der Waals surface area contributed by atoms with Gasteiger partial charge in [-0.15, -0.1) is 0 Å². The van der Waals surface area contributed by atoms with E-state index in [-0.39, 0.29) is 0 Å². The number of hydrogen-bond donors (Lipinski definition) is 1. The monoisotopic (exact) mass is 241 g/mol. The fourth-order valence-electron chi connectivity index (χ4n) is 1.01. The Morgan fingerprint density at radius 2 is 2.23 bits per heavy atom. The summed E-state index contributed by atoms with van der Waals surface area (Å²) in [5, 5.41) is 23.3. The molecule has 13 heavy (non-hydrogen) atoms. The average Bonchev–Trinajstić information content (AvgIpc) is 2.02. The van der Waals surface area contributed by atoms with E-state index in [0.29, 0.717) is 15.9 Å². The molecule has 1 heterocycles. The molecule has 0 amide bonds. The van der Waals surface area contributed by atoms with E-state index < -0.39 is 6.01 Å². The van der Waals surface area contributed by atoms with Gasteiger partial charge in [-0.1, -0.05) is 15.9 Å². The molecule has 0 saturated carbocycles. The van der Waals surface area contributed by atoms with Crippen LogP contribution in [0.25, 0.3) is 11.0 Å². The van der Waals surface area contributed by atoms with Gasteiger partial charge in [-0.3, -0.25) is 0 Å². The second kappa shape index (κ2) is 2.81. The van der Waals surface area contributed by atoms with Crippen molar-refractivity contribution in [2.75, 3.05) is 0 Å². The molecular weight excluding hydrogens is 238 g/mol. The van der Waals surface area contributed by atoms with Crippen molar-refractivity contribution >= 4 is 27.0 Å². The molecule has 0 fully saturated rings. The summed E-state index contributed by atoms with van der Waals surface area (Å²) in [4.78, 5) is 4.03. The van der Waals surface area contributed by atoms with E-state index in [0.717, 1.165) is 4.47 Å². The Morgan fingerprint density at radius 3 is 3.00 bits per heavy atom. The third-order valence-electron chi connectivity index (χ3n) is 1.54. The molecule has 2 aromatic rings. The lowest BCUT2D eigenvalue weighted by molar-refractivity contribution is -0.643. The quantitative estimate of drug-likeness (QED) is 0.546. The molecule has 0 aliphatic rings. The molecule has 0 saturated heterocycles. The first-order valence-corrected chi connectivity index (χ1v) is 4.22. The van der Waals surface area contributed by atoms with Gasteiger partial charge < -0.3 is 10.3 Å². The molecule has 0 aliphatic heterocycles. The number of nitrogens with zero attached hydrogens (tertiary/aromatic N) is 3. The summed E-state index contributed by atoms with van der Waals surface area (Å²) < 4.78 is 0.790. The molecule has 0 spiro atoms. The summed E-state index contributed by atoms with van der Waals surface area (Å²) >= 11 is 3.23. The van der Waals surface area contributed by atoms with Crippen molar-refractivity contribution in [1.82, 2.24) is 10.1 Å². The molecule has 1 aromatic heterocycles. The number of benzene rings is 1. The third kappa shape index (κ3) is 1.40. The Morgan fingerprint density at radius 1 is 1.46 bits per heavy atom. The highest BCUT2D eigenvalue weighted by Gasteiger charge is 2.09. The van der Waals surface area contributed by atoms with Gasteiger partial charge in [-0.05, 0) is 17.0 Å². The van der Waals surface area contributed by atoms with Crippen LogP contribution in [0.1, 0.15) is 0 Å². The summed E-state index contributed by atoms with van der Waals surface area (Å²) in [6, 6.07) is 4.38. The van der Waals surface area contributed by atoms with Crippen LogP contribution in [0.5, 0.6) is 6.01 Å². The van der Waals surface area contributed by atoms with Crippen molar-refractivity contribution in [2.24, 2.45) is 0 Å². The van der Waals surface area contributed by atoms with Gasteiger partial charge in [-0.25, -0.2) is 0 Å². The van der Waals surface area contributed by atoms with Crippen LogP contribution in [0.4, 0.5) is 0 Å². The predicted octanol–water partition coefficient (Wildman–Crippen LogP) is 0.731. The van der Waals surface area contributed by atoms with Crippen LogP contribution >= 0.6 is 15.9 Å². The van der Waals surface area contributed by atoms with E-state index in [4.69, 9.17) is 5.11 Å². The topological polar surface area (TPSA) is 73.0 Å². The van der Waals surface area contributed by atoms with Gasteiger partial charge >= 0.3 is 6.01 Å². The zero-order chi connectivity index (χ0) is 9.42. The molecule has 0 aliphatic carbocycles. The van der Waals surface area contributed by atoms with Crippen molar-refractivity contribution in [2.45, 2.75) is 0 Å². The van der Waals surface area contributed by atoms with Crippen LogP contribution in [-0.4, -0.2) is 15.2 Å². The number of halogens is 1. The van der Waals surface area contributed by atoms with Crippen molar-refractivity contribution in [1.29, 1.82) is 0 Å². The lowest BCUT2D eigenvalue weighted by Gasteiger charge is -1.98. The zero-order valence-electron chi connectivity index (χ0n) is 6.31. The second-order valence-electron chi connectivity index (χ2n) is 2.42. The first-order chi connectivity index (χ1) is 6.16. The molecular formula is C7H4BrN3O2. The number of hydrogen-bond acceptors (Lipinski definition) is 4.